The molecule has 7 nitrogen and oxygen atoms in total. The van der Waals surface area contributed by atoms with Crippen LogP contribution in [0.25, 0.3) is 21.9 Å². The first-order chi connectivity index (χ1) is 14.8. The van der Waals surface area contributed by atoms with Gasteiger partial charge in [0, 0.05) is 26.1 Å². The molecule has 1 saturated carbocycles. The SMILES string of the molecule is COC1CC(CN(C)c2ccc3c(=O)c4ccc(Cl)c(SC)c4n(CC(=O)[O-])c3n2)C1.[Na+]. The molecule has 0 N–H and O–H groups in total. The molecular weight excluding hydrogens is 461 g/mol. The van der Waals surface area contributed by atoms with E-state index >= 15 is 0 Å². The Morgan fingerprint density at radius 1 is 1.31 bits per heavy atom. The van der Waals surface area contributed by atoms with Gasteiger partial charge in [0.05, 0.1) is 39.4 Å². The predicted molar refractivity (Wildman–Crippen MR) is 122 cm³/mol. The van der Waals surface area contributed by atoms with Gasteiger partial charge in [-0.3, -0.25) is 4.79 Å². The van der Waals surface area contributed by atoms with Crippen molar-refractivity contribution < 1.29 is 44.2 Å². The topological polar surface area (TPSA) is 87.5 Å². The Kier molecular flexibility index (Phi) is 8.17. The summed E-state index contributed by atoms with van der Waals surface area (Å²) in [7, 11) is 3.67. The van der Waals surface area contributed by atoms with Crippen LogP contribution in [0.15, 0.2) is 34.0 Å². The van der Waals surface area contributed by atoms with Crippen LogP contribution >= 0.6 is 23.4 Å². The molecule has 1 aliphatic rings. The number of pyridine rings is 2. The summed E-state index contributed by atoms with van der Waals surface area (Å²) in [5, 5.41) is 12.8. The first-order valence-corrected chi connectivity index (χ1v) is 11.6. The Hall–Kier alpha value is -1.29. The second-order valence-corrected chi connectivity index (χ2v) is 9.10. The number of anilines is 1. The zero-order valence-corrected chi connectivity index (χ0v) is 22.1. The minimum absolute atomic E-state index is 0. The molecular formula is C22H23ClN3NaO4S. The quantitative estimate of drug-likeness (QED) is 0.255. The number of hydrogen-bond donors (Lipinski definition) is 0. The van der Waals surface area contributed by atoms with E-state index in [1.54, 1.807) is 31.4 Å². The second-order valence-electron chi connectivity index (χ2n) is 7.88. The monoisotopic (exact) mass is 483 g/mol. The molecule has 0 spiro atoms. The Morgan fingerprint density at radius 3 is 2.62 bits per heavy atom. The van der Waals surface area contributed by atoms with Crippen molar-refractivity contribution in [1.82, 2.24) is 9.55 Å². The predicted octanol–water partition coefficient (Wildman–Crippen LogP) is -0.460. The largest absolute Gasteiger partial charge is 1.00 e. The standard InChI is InChI=1S/C22H24ClN3O4S.Na/c1-25(10-12-8-13(9-12)30-2)17-7-5-15-20(29)14-4-6-16(23)21(31-3)19(14)26(11-18(27)28)22(15)24-17;/h4-7,12-13H,8-11H2,1-3H3,(H,27,28);/q;+1/p-1. The van der Waals surface area contributed by atoms with Crippen molar-refractivity contribution in [3.05, 3.63) is 39.5 Å². The van der Waals surface area contributed by atoms with Crippen LogP contribution in [0.2, 0.25) is 5.02 Å². The van der Waals surface area contributed by atoms with Crippen LogP contribution in [0.1, 0.15) is 12.8 Å². The van der Waals surface area contributed by atoms with Crippen molar-refractivity contribution in [3.63, 3.8) is 0 Å². The zero-order chi connectivity index (χ0) is 22.3. The number of aromatic nitrogens is 2. The number of fused-ring (bicyclic) bond motifs is 2. The molecule has 1 aliphatic carbocycles. The molecule has 3 aromatic rings. The van der Waals surface area contributed by atoms with Gasteiger partial charge in [0.25, 0.3) is 0 Å². The number of ether oxygens (including phenoxy) is 1. The third-order valence-electron chi connectivity index (χ3n) is 5.90. The van der Waals surface area contributed by atoms with Gasteiger partial charge in [0.15, 0.2) is 5.43 Å². The molecule has 10 heteroatoms. The van der Waals surface area contributed by atoms with Crippen molar-refractivity contribution in [3.8, 4) is 0 Å². The maximum atomic E-state index is 13.2. The molecule has 2 aromatic heterocycles. The first kappa shape index (κ1) is 25.3. The number of methoxy groups -OCH3 is 1. The van der Waals surface area contributed by atoms with Crippen molar-refractivity contribution in [2.75, 3.05) is 31.9 Å². The number of carbonyl (C=O) groups excluding carboxylic acids is 1. The third kappa shape index (κ3) is 4.67. The summed E-state index contributed by atoms with van der Waals surface area (Å²) >= 11 is 7.72. The number of halogens is 1. The number of thioether (sulfide) groups is 1. The Bertz CT molecular complexity index is 1230. The number of carboxylic acid groups (broad SMARTS) is 1. The van der Waals surface area contributed by atoms with Gasteiger partial charge in [-0.1, -0.05) is 11.6 Å². The molecule has 2 heterocycles. The van der Waals surface area contributed by atoms with E-state index in [2.05, 4.69) is 0 Å². The Labute approximate surface area is 217 Å². The fraction of sp³-hybridized carbons (Fsp3) is 0.409. The van der Waals surface area contributed by atoms with Crippen molar-refractivity contribution in [1.29, 1.82) is 0 Å². The molecule has 0 bridgehead atoms. The number of hydrogen-bond acceptors (Lipinski definition) is 7. The van der Waals surface area contributed by atoms with Crippen LogP contribution < -0.4 is 45.0 Å². The van der Waals surface area contributed by atoms with Crippen molar-refractivity contribution in [2.45, 2.75) is 30.4 Å². The molecule has 0 atom stereocenters. The number of rotatable bonds is 7. The minimum atomic E-state index is -1.26. The molecule has 0 unspecified atom stereocenters. The van der Waals surface area contributed by atoms with Gasteiger partial charge in [-0.25, -0.2) is 4.98 Å². The van der Waals surface area contributed by atoms with Crippen molar-refractivity contribution in [2.24, 2.45) is 5.92 Å². The Balaban J connectivity index is 0.00000289. The molecule has 0 amide bonds. The fourth-order valence-electron chi connectivity index (χ4n) is 4.26. The van der Waals surface area contributed by atoms with Gasteiger partial charge in [0.2, 0.25) is 0 Å². The summed E-state index contributed by atoms with van der Waals surface area (Å²) < 4.78 is 6.88. The Morgan fingerprint density at radius 2 is 2.00 bits per heavy atom. The second kappa shape index (κ2) is 10.3. The molecule has 32 heavy (non-hydrogen) atoms. The minimum Gasteiger partial charge on any atom is -0.548 e. The average Bonchev–Trinajstić information content (AvgIpc) is 2.72. The number of nitrogens with zero attached hydrogens (tertiary/aromatic N) is 3. The van der Waals surface area contributed by atoms with E-state index in [4.69, 9.17) is 21.3 Å². The summed E-state index contributed by atoms with van der Waals surface area (Å²) in [6.07, 6.45) is 4.16. The van der Waals surface area contributed by atoms with Gasteiger partial charge < -0.3 is 24.1 Å². The van der Waals surface area contributed by atoms with Gasteiger partial charge in [-0.15, -0.1) is 11.8 Å². The van der Waals surface area contributed by atoms with Crippen LogP contribution in [0.5, 0.6) is 0 Å². The van der Waals surface area contributed by atoms with Gasteiger partial charge in [-0.05, 0) is 49.3 Å². The van der Waals surface area contributed by atoms with Gasteiger partial charge in [-0.2, -0.15) is 0 Å². The smallest absolute Gasteiger partial charge is 0.548 e. The first-order valence-electron chi connectivity index (χ1n) is 9.97. The normalized spacial score (nSPS) is 17.8. The van der Waals surface area contributed by atoms with Crippen LogP contribution in [-0.2, 0) is 16.1 Å². The maximum Gasteiger partial charge on any atom is 1.00 e. The number of aliphatic carboxylic acids is 1. The fourth-order valence-corrected chi connectivity index (χ4v) is 5.32. The van der Waals surface area contributed by atoms with Gasteiger partial charge in [0.1, 0.15) is 11.5 Å². The number of benzene rings is 1. The third-order valence-corrected chi connectivity index (χ3v) is 7.15. The van der Waals surface area contributed by atoms with Crippen LogP contribution in [0, 0.1) is 5.92 Å². The maximum absolute atomic E-state index is 13.2. The van der Waals surface area contributed by atoms with E-state index in [9.17, 15) is 14.7 Å². The van der Waals surface area contributed by atoms with Crippen molar-refractivity contribution >= 4 is 57.1 Å². The molecule has 0 saturated heterocycles. The van der Waals surface area contributed by atoms with Crippen LogP contribution in [0.3, 0.4) is 0 Å². The number of carboxylic acids is 1. The van der Waals surface area contributed by atoms with E-state index in [1.165, 1.54) is 16.3 Å². The molecule has 1 aromatic carbocycles. The average molecular weight is 484 g/mol. The molecule has 164 valence electrons. The van der Waals surface area contributed by atoms with Crippen LogP contribution in [-0.4, -0.2) is 48.6 Å². The van der Waals surface area contributed by atoms with E-state index < -0.39 is 12.5 Å². The van der Waals surface area contributed by atoms with E-state index in [1.807, 2.05) is 18.2 Å². The number of carbonyl (C=O) groups is 1. The molecule has 4 rings (SSSR count). The summed E-state index contributed by atoms with van der Waals surface area (Å²) in [5.74, 6) is -0.0813. The molecule has 1 fully saturated rings. The van der Waals surface area contributed by atoms with E-state index in [0.717, 1.165) is 19.4 Å². The van der Waals surface area contributed by atoms with E-state index in [0.29, 0.717) is 49.7 Å². The summed E-state index contributed by atoms with van der Waals surface area (Å²) in [6.45, 7) is 0.373. The summed E-state index contributed by atoms with van der Waals surface area (Å²) in [4.78, 5) is 32.2. The molecule has 0 aliphatic heterocycles. The van der Waals surface area contributed by atoms with Gasteiger partial charge >= 0.3 is 29.6 Å². The zero-order valence-electron chi connectivity index (χ0n) is 18.6. The molecule has 0 radical (unpaired) electrons. The van der Waals surface area contributed by atoms with E-state index in [-0.39, 0.29) is 35.0 Å². The summed E-state index contributed by atoms with van der Waals surface area (Å²) in [5.41, 5.74) is 0.582. The van der Waals surface area contributed by atoms with Crippen LogP contribution in [0.4, 0.5) is 5.82 Å². The summed E-state index contributed by atoms with van der Waals surface area (Å²) in [6, 6.07) is 6.81.